The lowest BCUT2D eigenvalue weighted by Gasteiger charge is -2.11. The highest BCUT2D eigenvalue weighted by atomic mass is 16.5. The standard InChI is InChI=1S/C21H24N4O2/c1-25(2)12-13-27-20-10-6-18(7-11-20)24-21-22-14-17(15-23-21)16-4-8-19(26-3)9-5-16/h4-11,14-15H,12-13H2,1-3H3,(H,22,23,24). The Kier molecular flexibility index (Phi) is 6.22. The Hall–Kier alpha value is -3.12. The summed E-state index contributed by atoms with van der Waals surface area (Å²) in [5.41, 5.74) is 2.90. The number of aromatic nitrogens is 2. The molecule has 1 N–H and O–H groups in total. The van der Waals surface area contributed by atoms with E-state index in [0.717, 1.165) is 34.9 Å². The summed E-state index contributed by atoms with van der Waals surface area (Å²) in [4.78, 5) is 10.9. The average Bonchev–Trinajstić information content (AvgIpc) is 2.70. The van der Waals surface area contributed by atoms with Gasteiger partial charge in [0.25, 0.3) is 0 Å². The van der Waals surface area contributed by atoms with E-state index in [-0.39, 0.29) is 0 Å². The van der Waals surface area contributed by atoms with Crippen LogP contribution >= 0.6 is 0 Å². The fourth-order valence-corrected chi connectivity index (χ4v) is 2.43. The average molecular weight is 364 g/mol. The Labute approximate surface area is 159 Å². The molecule has 27 heavy (non-hydrogen) atoms. The summed E-state index contributed by atoms with van der Waals surface area (Å²) >= 11 is 0. The molecule has 0 bridgehead atoms. The van der Waals surface area contributed by atoms with Crippen molar-refractivity contribution in [3.8, 4) is 22.6 Å². The van der Waals surface area contributed by atoms with Gasteiger partial charge >= 0.3 is 0 Å². The van der Waals surface area contributed by atoms with Crippen LogP contribution in [0.5, 0.6) is 11.5 Å². The van der Waals surface area contributed by atoms with Gasteiger partial charge in [-0.1, -0.05) is 12.1 Å². The van der Waals surface area contributed by atoms with Crippen LogP contribution in [0.3, 0.4) is 0 Å². The van der Waals surface area contributed by atoms with E-state index in [2.05, 4.69) is 20.2 Å². The summed E-state index contributed by atoms with van der Waals surface area (Å²) in [6.07, 6.45) is 3.60. The third kappa shape index (κ3) is 5.43. The molecule has 0 saturated carbocycles. The maximum absolute atomic E-state index is 5.69. The molecule has 0 radical (unpaired) electrons. The van der Waals surface area contributed by atoms with Gasteiger partial charge < -0.3 is 19.7 Å². The van der Waals surface area contributed by atoms with Gasteiger partial charge in [0, 0.05) is 30.2 Å². The van der Waals surface area contributed by atoms with Crippen molar-refractivity contribution in [3.05, 3.63) is 60.9 Å². The maximum Gasteiger partial charge on any atom is 0.227 e. The van der Waals surface area contributed by atoms with Crippen LogP contribution < -0.4 is 14.8 Å². The number of nitrogens with zero attached hydrogens (tertiary/aromatic N) is 3. The normalized spacial score (nSPS) is 10.7. The lowest BCUT2D eigenvalue weighted by Crippen LogP contribution is -2.19. The molecule has 0 aliphatic carbocycles. The Morgan fingerprint density at radius 1 is 0.852 bits per heavy atom. The SMILES string of the molecule is COc1ccc(-c2cnc(Nc3ccc(OCCN(C)C)cc3)nc2)cc1. The zero-order chi connectivity index (χ0) is 19.1. The van der Waals surface area contributed by atoms with Crippen molar-refractivity contribution in [2.75, 3.05) is 39.7 Å². The third-order valence-electron chi connectivity index (χ3n) is 3.99. The molecule has 0 aliphatic rings. The van der Waals surface area contributed by atoms with Crippen LogP contribution in [0.25, 0.3) is 11.1 Å². The summed E-state index contributed by atoms with van der Waals surface area (Å²) in [7, 11) is 5.70. The second-order valence-electron chi connectivity index (χ2n) is 6.32. The minimum absolute atomic E-state index is 0.550. The van der Waals surface area contributed by atoms with Crippen LogP contribution in [0.1, 0.15) is 0 Å². The minimum atomic E-state index is 0.550. The predicted molar refractivity (Wildman–Crippen MR) is 108 cm³/mol. The molecule has 3 rings (SSSR count). The molecule has 0 aliphatic heterocycles. The highest BCUT2D eigenvalue weighted by Crippen LogP contribution is 2.22. The summed E-state index contributed by atoms with van der Waals surface area (Å²) in [6, 6.07) is 15.6. The zero-order valence-corrected chi connectivity index (χ0v) is 15.8. The Morgan fingerprint density at radius 3 is 2.07 bits per heavy atom. The largest absolute Gasteiger partial charge is 0.497 e. The zero-order valence-electron chi connectivity index (χ0n) is 15.8. The number of hydrogen-bond donors (Lipinski definition) is 1. The number of ether oxygens (including phenoxy) is 2. The van der Waals surface area contributed by atoms with Gasteiger partial charge in [-0.15, -0.1) is 0 Å². The van der Waals surface area contributed by atoms with Crippen molar-refractivity contribution in [3.63, 3.8) is 0 Å². The number of benzene rings is 2. The minimum Gasteiger partial charge on any atom is -0.497 e. The van der Waals surface area contributed by atoms with E-state index < -0.39 is 0 Å². The van der Waals surface area contributed by atoms with Gasteiger partial charge in [-0.3, -0.25) is 0 Å². The number of nitrogens with one attached hydrogen (secondary N) is 1. The Bertz CT molecular complexity index is 832. The van der Waals surface area contributed by atoms with Crippen molar-refractivity contribution < 1.29 is 9.47 Å². The predicted octanol–water partition coefficient (Wildman–Crippen LogP) is 3.84. The van der Waals surface area contributed by atoms with Crippen molar-refractivity contribution in [1.82, 2.24) is 14.9 Å². The van der Waals surface area contributed by atoms with Crippen molar-refractivity contribution in [2.24, 2.45) is 0 Å². The first-order valence-electron chi connectivity index (χ1n) is 8.75. The smallest absolute Gasteiger partial charge is 0.227 e. The van der Waals surface area contributed by atoms with Crippen molar-refractivity contribution in [1.29, 1.82) is 0 Å². The molecular formula is C21H24N4O2. The van der Waals surface area contributed by atoms with E-state index >= 15 is 0 Å². The molecule has 140 valence electrons. The van der Waals surface area contributed by atoms with Gasteiger partial charge in [-0.25, -0.2) is 9.97 Å². The van der Waals surface area contributed by atoms with Gasteiger partial charge in [-0.05, 0) is 56.1 Å². The molecule has 1 aromatic heterocycles. The second-order valence-corrected chi connectivity index (χ2v) is 6.32. The highest BCUT2D eigenvalue weighted by molar-refractivity contribution is 5.63. The van der Waals surface area contributed by atoms with E-state index in [0.29, 0.717) is 12.6 Å². The van der Waals surface area contributed by atoms with Crippen LogP contribution in [0.2, 0.25) is 0 Å². The maximum atomic E-state index is 5.69. The summed E-state index contributed by atoms with van der Waals surface area (Å²) in [5.74, 6) is 2.22. The summed E-state index contributed by atoms with van der Waals surface area (Å²) < 4.78 is 10.9. The molecule has 6 heteroatoms. The molecule has 0 spiro atoms. The van der Waals surface area contributed by atoms with E-state index in [1.54, 1.807) is 19.5 Å². The van der Waals surface area contributed by atoms with Gasteiger partial charge in [0.05, 0.1) is 7.11 Å². The van der Waals surface area contributed by atoms with Crippen molar-refractivity contribution >= 4 is 11.6 Å². The summed E-state index contributed by atoms with van der Waals surface area (Å²) in [5, 5.41) is 3.20. The van der Waals surface area contributed by atoms with Crippen LogP contribution in [-0.2, 0) is 0 Å². The molecule has 0 saturated heterocycles. The first-order valence-corrected chi connectivity index (χ1v) is 8.75. The number of methoxy groups -OCH3 is 1. The molecule has 3 aromatic rings. The molecule has 6 nitrogen and oxygen atoms in total. The lowest BCUT2D eigenvalue weighted by atomic mass is 10.1. The fourth-order valence-electron chi connectivity index (χ4n) is 2.43. The molecule has 2 aromatic carbocycles. The molecule has 0 amide bonds. The van der Waals surface area contributed by atoms with E-state index in [4.69, 9.17) is 9.47 Å². The number of likely N-dealkylation sites (N-methyl/N-ethyl adjacent to an activating group) is 1. The van der Waals surface area contributed by atoms with Crippen LogP contribution in [0.15, 0.2) is 60.9 Å². The van der Waals surface area contributed by atoms with Gasteiger partial charge in [0.2, 0.25) is 5.95 Å². The Morgan fingerprint density at radius 2 is 1.48 bits per heavy atom. The summed E-state index contributed by atoms with van der Waals surface area (Å²) in [6.45, 7) is 1.55. The molecule has 0 fully saturated rings. The van der Waals surface area contributed by atoms with Crippen LogP contribution in [-0.4, -0.2) is 49.2 Å². The van der Waals surface area contributed by atoms with Crippen molar-refractivity contribution in [2.45, 2.75) is 0 Å². The van der Waals surface area contributed by atoms with Gasteiger partial charge in [-0.2, -0.15) is 0 Å². The molecule has 0 unspecified atom stereocenters. The number of hydrogen-bond acceptors (Lipinski definition) is 6. The molecule has 1 heterocycles. The molecular weight excluding hydrogens is 340 g/mol. The third-order valence-corrected chi connectivity index (χ3v) is 3.99. The monoisotopic (exact) mass is 364 g/mol. The van der Waals surface area contributed by atoms with Crippen LogP contribution in [0, 0.1) is 0 Å². The lowest BCUT2D eigenvalue weighted by molar-refractivity contribution is 0.261. The van der Waals surface area contributed by atoms with E-state index in [9.17, 15) is 0 Å². The van der Waals surface area contributed by atoms with Gasteiger partial charge in [0.1, 0.15) is 18.1 Å². The van der Waals surface area contributed by atoms with Gasteiger partial charge in [0.15, 0.2) is 0 Å². The topological polar surface area (TPSA) is 59.5 Å². The number of rotatable bonds is 8. The second kappa shape index (κ2) is 9.00. The number of anilines is 2. The molecule has 0 atom stereocenters. The first kappa shape index (κ1) is 18.7. The van der Waals surface area contributed by atoms with E-state index in [1.165, 1.54) is 0 Å². The highest BCUT2D eigenvalue weighted by Gasteiger charge is 2.03. The van der Waals surface area contributed by atoms with E-state index in [1.807, 2.05) is 62.6 Å². The Balaban J connectivity index is 1.59. The fraction of sp³-hybridized carbons (Fsp3) is 0.238. The first-order chi connectivity index (χ1) is 13.1. The van der Waals surface area contributed by atoms with Crippen LogP contribution in [0.4, 0.5) is 11.6 Å². The quantitative estimate of drug-likeness (QED) is 0.655.